The van der Waals surface area contributed by atoms with Gasteiger partial charge in [-0.15, -0.1) is 0 Å². The summed E-state index contributed by atoms with van der Waals surface area (Å²) in [7, 11) is 0. The molecule has 0 saturated carbocycles. The van der Waals surface area contributed by atoms with Crippen LogP contribution in [0.15, 0.2) is 24.3 Å². The molecule has 1 rings (SSSR count). The second kappa shape index (κ2) is 7.70. The van der Waals surface area contributed by atoms with Crippen molar-refractivity contribution >= 4 is 17.7 Å². The predicted octanol–water partition coefficient (Wildman–Crippen LogP) is 3.46. The molecular weight excluding hydrogens is 270 g/mol. The third-order valence-electron chi connectivity index (χ3n) is 3.52. The first-order valence-electron chi connectivity index (χ1n) is 7.03. The lowest BCUT2D eigenvalue weighted by Gasteiger charge is -2.28. The molecule has 0 heterocycles. The van der Waals surface area contributed by atoms with E-state index in [1.807, 2.05) is 30.8 Å². The number of carboxylic acid groups (broad SMARTS) is 1. The SMILES string of the molecule is CCNC(C)(CC(C)SCc1ccccc1C)C(=O)O. The zero-order chi connectivity index (χ0) is 15.2. The van der Waals surface area contributed by atoms with Crippen LogP contribution in [-0.2, 0) is 10.5 Å². The number of nitrogens with one attached hydrogen (secondary N) is 1. The highest BCUT2D eigenvalue weighted by Gasteiger charge is 2.33. The molecule has 0 aliphatic rings. The second-order valence-corrected chi connectivity index (χ2v) is 6.85. The Bertz CT molecular complexity index is 450. The molecule has 2 unspecified atom stereocenters. The summed E-state index contributed by atoms with van der Waals surface area (Å²) in [5.41, 5.74) is 1.78. The van der Waals surface area contributed by atoms with E-state index in [0.29, 0.717) is 13.0 Å². The Morgan fingerprint density at radius 1 is 1.45 bits per heavy atom. The average molecular weight is 295 g/mol. The highest BCUT2D eigenvalue weighted by Crippen LogP contribution is 2.26. The molecule has 0 aliphatic carbocycles. The molecule has 1 aromatic rings. The minimum absolute atomic E-state index is 0.287. The molecule has 3 nitrogen and oxygen atoms in total. The monoisotopic (exact) mass is 295 g/mol. The van der Waals surface area contributed by atoms with Crippen LogP contribution in [0.3, 0.4) is 0 Å². The van der Waals surface area contributed by atoms with Gasteiger partial charge in [-0.05, 0) is 37.9 Å². The molecule has 0 aliphatic heterocycles. The number of aryl methyl sites for hydroxylation is 1. The molecule has 0 saturated heterocycles. The van der Waals surface area contributed by atoms with Crippen molar-refractivity contribution < 1.29 is 9.90 Å². The van der Waals surface area contributed by atoms with Gasteiger partial charge in [-0.1, -0.05) is 38.1 Å². The van der Waals surface area contributed by atoms with Crippen LogP contribution in [0.5, 0.6) is 0 Å². The molecule has 0 fully saturated rings. The molecule has 0 radical (unpaired) electrons. The summed E-state index contributed by atoms with van der Waals surface area (Å²) in [5.74, 6) is 0.151. The lowest BCUT2D eigenvalue weighted by atomic mass is 9.96. The van der Waals surface area contributed by atoms with Crippen LogP contribution in [0.1, 0.15) is 38.3 Å². The van der Waals surface area contributed by atoms with Gasteiger partial charge in [0, 0.05) is 11.0 Å². The zero-order valence-electron chi connectivity index (χ0n) is 12.8. The van der Waals surface area contributed by atoms with Gasteiger partial charge < -0.3 is 10.4 Å². The van der Waals surface area contributed by atoms with Crippen LogP contribution in [0.25, 0.3) is 0 Å². The predicted molar refractivity (Wildman–Crippen MR) is 86.3 cm³/mol. The lowest BCUT2D eigenvalue weighted by molar-refractivity contribution is -0.144. The van der Waals surface area contributed by atoms with Crippen LogP contribution < -0.4 is 5.32 Å². The van der Waals surface area contributed by atoms with Crippen LogP contribution in [0.4, 0.5) is 0 Å². The molecule has 2 N–H and O–H groups in total. The van der Waals surface area contributed by atoms with E-state index in [9.17, 15) is 9.90 Å². The highest BCUT2D eigenvalue weighted by molar-refractivity contribution is 7.99. The van der Waals surface area contributed by atoms with E-state index in [2.05, 4.69) is 31.3 Å². The highest BCUT2D eigenvalue weighted by atomic mass is 32.2. The molecule has 2 atom stereocenters. The van der Waals surface area contributed by atoms with Gasteiger partial charge in [-0.25, -0.2) is 0 Å². The Balaban J connectivity index is 2.56. The number of hydrogen-bond acceptors (Lipinski definition) is 3. The molecule has 4 heteroatoms. The first-order valence-corrected chi connectivity index (χ1v) is 8.08. The Labute approximate surface area is 126 Å². The number of rotatable bonds is 8. The van der Waals surface area contributed by atoms with E-state index in [1.165, 1.54) is 11.1 Å². The summed E-state index contributed by atoms with van der Waals surface area (Å²) in [6.07, 6.45) is 0.618. The molecule has 0 spiro atoms. The summed E-state index contributed by atoms with van der Waals surface area (Å²) in [5, 5.41) is 12.7. The van der Waals surface area contributed by atoms with Crippen LogP contribution in [0.2, 0.25) is 0 Å². The topological polar surface area (TPSA) is 49.3 Å². The van der Waals surface area contributed by atoms with E-state index in [4.69, 9.17) is 0 Å². The van der Waals surface area contributed by atoms with Gasteiger partial charge in [0.15, 0.2) is 0 Å². The van der Waals surface area contributed by atoms with Crippen molar-refractivity contribution in [2.75, 3.05) is 6.54 Å². The average Bonchev–Trinajstić information content (AvgIpc) is 2.38. The van der Waals surface area contributed by atoms with Crippen molar-refractivity contribution in [3.05, 3.63) is 35.4 Å². The molecular formula is C16H25NO2S. The van der Waals surface area contributed by atoms with E-state index < -0.39 is 11.5 Å². The normalized spacial score (nSPS) is 15.6. The number of thioether (sulfide) groups is 1. The maximum absolute atomic E-state index is 11.4. The molecule has 20 heavy (non-hydrogen) atoms. The van der Waals surface area contributed by atoms with Crippen molar-refractivity contribution in [2.24, 2.45) is 0 Å². The van der Waals surface area contributed by atoms with E-state index in [-0.39, 0.29) is 5.25 Å². The fraction of sp³-hybridized carbons (Fsp3) is 0.562. The first kappa shape index (κ1) is 17.1. The van der Waals surface area contributed by atoms with Crippen LogP contribution >= 0.6 is 11.8 Å². The van der Waals surface area contributed by atoms with Crippen molar-refractivity contribution in [3.8, 4) is 0 Å². The molecule has 112 valence electrons. The summed E-state index contributed by atoms with van der Waals surface area (Å²) >= 11 is 1.81. The number of benzene rings is 1. The van der Waals surface area contributed by atoms with E-state index in [0.717, 1.165) is 5.75 Å². The molecule has 0 bridgehead atoms. The summed E-state index contributed by atoms with van der Waals surface area (Å²) in [6, 6.07) is 8.34. The quantitative estimate of drug-likeness (QED) is 0.771. The summed E-state index contributed by atoms with van der Waals surface area (Å²) < 4.78 is 0. The minimum atomic E-state index is -0.840. The molecule has 0 aromatic heterocycles. The van der Waals surface area contributed by atoms with Crippen LogP contribution in [0, 0.1) is 6.92 Å². The van der Waals surface area contributed by atoms with E-state index >= 15 is 0 Å². The van der Waals surface area contributed by atoms with Crippen molar-refractivity contribution in [2.45, 2.75) is 50.7 Å². The van der Waals surface area contributed by atoms with Crippen molar-refractivity contribution in [1.82, 2.24) is 5.32 Å². The Morgan fingerprint density at radius 2 is 2.10 bits per heavy atom. The molecule has 0 amide bonds. The zero-order valence-corrected chi connectivity index (χ0v) is 13.6. The van der Waals surface area contributed by atoms with Gasteiger partial charge in [-0.2, -0.15) is 11.8 Å². The minimum Gasteiger partial charge on any atom is -0.480 e. The summed E-state index contributed by atoms with van der Waals surface area (Å²) in [6.45, 7) is 8.58. The Kier molecular flexibility index (Phi) is 6.56. The van der Waals surface area contributed by atoms with Gasteiger partial charge in [0.1, 0.15) is 5.54 Å². The molecule has 1 aromatic carbocycles. The smallest absolute Gasteiger partial charge is 0.323 e. The van der Waals surface area contributed by atoms with Crippen molar-refractivity contribution in [3.63, 3.8) is 0 Å². The Hall–Kier alpha value is -1.00. The third-order valence-corrected chi connectivity index (χ3v) is 4.73. The summed E-state index contributed by atoms with van der Waals surface area (Å²) in [4.78, 5) is 11.4. The van der Waals surface area contributed by atoms with Gasteiger partial charge in [-0.3, -0.25) is 4.79 Å². The number of likely N-dealkylation sites (N-methyl/N-ethyl adjacent to an activating group) is 1. The van der Waals surface area contributed by atoms with Gasteiger partial charge in [0.25, 0.3) is 0 Å². The maximum Gasteiger partial charge on any atom is 0.323 e. The van der Waals surface area contributed by atoms with Crippen LogP contribution in [-0.4, -0.2) is 28.4 Å². The van der Waals surface area contributed by atoms with Gasteiger partial charge in [0.05, 0.1) is 0 Å². The lowest BCUT2D eigenvalue weighted by Crippen LogP contribution is -2.50. The van der Waals surface area contributed by atoms with Gasteiger partial charge in [0.2, 0.25) is 0 Å². The third kappa shape index (κ3) is 4.84. The second-order valence-electron chi connectivity index (χ2n) is 5.42. The fourth-order valence-electron chi connectivity index (χ4n) is 2.26. The number of hydrogen-bond donors (Lipinski definition) is 2. The Morgan fingerprint density at radius 3 is 2.65 bits per heavy atom. The van der Waals surface area contributed by atoms with E-state index in [1.54, 1.807) is 6.92 Å². The standard InChI is InChI=1S/C16H25NO2S/c1-5-17-16(4,15(18)19)10-13(3)20-11-14-9-7-6-8-12(14)2/h6-9,13,17H,5,10-11H2,1-4H3,(H,18,19). The first-order chi connectivity index (χ1) is 9.39. The van der Waals surface area contributed by atoms with Crippen molar-refractivity contribution in [1.29, 1.82) is 0 Å². The number of carboxylic acids is 1. The number of carbonyl (C=O) groups is 1. The largest absolute Gasteiger partial charge is 0.480 e. The number of aliphatic carboxylic acids is 1. The van der Waals surface area contributed by atoms with Gasteiger partial charge >= 0.3 is 5.97 Å². The fourth-order valence-corrected chi connectivity index (χ4v) is 3.50. The maximum atomic E-state index is 11.4.